The fourth-order valence-corrected chi connectivity index (χ4v) is 4.56. The van der Waals surface area contributed by atoms with E-state index in [1.54, 1.807) is 24.3 Å². The zero-order valence-electron chi connectivity index (χ0n) is 16.9. The van der Waals surface area contributed by atoms with E-state index in [1.807, 2.05) is 18.2 Å². The lowest BCUT2D eigenvalue weighted by Crippen LogP contribution is -2.31. The van der Waals surface area contributed by atoms with Crippen LogP contribution in [-0.4, -0.2) is 55.2 Å². The Morgan fingerprint density at radius 2 is 2.07 bits per heavy atom. The highest BCUT2D eigenvalue weighted by atomic mass is 32.1. The molecule has 1 aliphatic heterocycles. The molecule has 156 valence electrons. The summed E-state index contributed by atoms with van der Waals surface area (Å²) in [7, 11) is 3.39. The summed E-state index contributed by atoms with van der Waals surface area (Å²) in [6, 6.07) is 13.1. The number of carbonyl (C=O) groups is 2. The Balaban J connectivity index is 1.64. The van der Waals surface area contributed by atoms with Crippen LogP contribution >= 0.6 is 11.3 Å². The van der Waals surface area contributed by atoms with Gasteiger partial charge < -0.3 is 14.8 Å². The van der Waals surface area contributed by atoms with E-state index in [-0.39, 0.29) is 5.91 Å². The van der Waals surface area contributed by atoms with Crippen LogP contribution in [0.2, 0.25) is 0 Å². The fourth-order valence-electron chi connectivity index (χ4n) is 3.49. The van der Waals surface area contributed by atoms with E-state index in [2.05, 4.69) is 17.3 Å². The summed E-state index contributed by atoms with van der Waals surface area (Å²) in [6.07, 6.45) is 1.01. The van der Waals surface area contributed by atoms with E-state index >= 15 is 0 Å². The molecular formula is C22H23N3O4S. The van der Waals surface area contributed by atoms with Gasteiger partial charge in [0.25, 0.3) is 5.91 Å². The lowest BCUT2D eigenvalue weighted by Gasteiger charge is -2.22. The number of anilines is 1. The van der Waals surface area contributed by atoms with E-state index in [1.165, 1.54) is 18.4 Å². The van der Waals surface area contributed by atoms with E-state index in [0.717, 1.165) is 30.7 Å². The van der Waals surface area contributed by atoms with Gasteiger partial charge in [-0.15, -0.1) is 11.3 Å². The van der Waals surface area contributed by atoms with Crippen LogP contribution < -0.4 is 5.32 Å². The molecule has 1 amide bonds. The van der Waals surface area contributed by atoms with Crippen LogP contribution in [0.4, 0.5) is 5.69 Å². The molecule has 3 aromatic rings. The SMILES string of the molecule is COC(=O)c1sc2nc(CN(C)[C@H]3CCOC3)ccc2c1NC(=O)c1ccccc1. The summed E-state index contributed by atoms with van der Waals surface area (Å²) >= 11 is 1.22. The number of rotatable bonds is 6. The van der Waals surface area contributed by atoms with Gasteiger partial charge in [0, 0.05) is 30.1 Å². The van der Waals surface area contributed by atoms with Gasteiger partial charge in [-0.2, -0.15) is 0 Å². The summed E-state index contributed by atoms with van der Waals surface area (Å²) in [5, 5.41) is 3.60. The highest BCUT2D eigenvalue weighted by Crippen LogP contribution is 2.36. The number of thiophene rings is 1. The molecule has 0 radical (unpaired) electrons. The Bertz CT molecular complexity index is 1060. The Morgan fingerprint density at radius 3 is 2.77 bits per heavy atom. The molecular weight excluding hydrogens is 402 g/mol. The van der Waals surface area contributed by atoms with Gasteiger partial charge in [0.15, 0.2) is 0 Å². The Labute approximate surface area is 178 Å². The number of ether oxygens (including phenoxy) is 2. The lowest BCUT2D eigenvalue weighted by atomic mass is 10.2. The second-order valence-electron chi connectivity index (χ2n) is 7.21. The quantitative estimate of drug-likeness (QED) is 0.609. The van der Waals surface area contributed by atoms with Crippen LogP contribution in [-0.2, 0) is 16.0 Å². The van der Waals surface area contributed by atoms with E-state index in [9.17, 15) is 9.59 Å². The van der Waals surface area contributed by atoms with Crippen molar-refractivity contribution in [2.24, 2.45) is 0 Å². The van der Waals surface area contributed by atoms with Gasteiger partial charge >= 0.3 is 5.97 Å². The minimum absolute atomic E-state index is 0.287. The largest absolute Gasteiger partial charge is 0.465 e. The third kappa shape index (κ3) is 4.21. The van der Waals surface area contributed by atoms with Crippen LogP contribution in [0.25, 0.3) is 10.2 Å². The van der Waals surface area contributed by atoms with Crippen molar-refractivity contribution in [3.63, 3.8) is 0 Å². The summed E-state index contributed by atoms with van der Waals surface area (Å²) in [5.41, 5.74) is 1.85. The molecule has 0 saturated carbocycles. The number of amides is 1. The first-order valence-corrected chi connectivity index (χ1v) is 10.5. The molecule has 0 aliphatic carbocycles. The van der Waals surface area contributed by atoms with Gasteiger partial charge in [0.05, 0.1) is 25.1 Å². The average molecular weight is 426 g/mol. The van der Waals surface area contributed by atoms with Crippen molar-refractivity contribution in [2.45, 2.75) is 19.0 Å². The van der Waals surface area contributed by atoms with Gasteiger partial charge in [-0.05, 0) is 37.7 Å². The monoisotopic (exact) mass is 425 g/mol. The topological polar surface area (TPSA) is 80.8 Å². The van der Waals surface area contributed by atoms with Crippen LogP contribution in [0.1, 0.15) is 32.1 Å². The number of pyridine rings is 1. The molecule has 0 bridgehead atoms. The number of methoxy groups -OCH3 is 1. The second-order valence-corrected chi connectivity index (χ2v) is 8.20. The van der Waals surface area contributed by atoms with Crippen LogP contribution in [0.3, 0.4) is 0 Å². The molecule has 1 fully saturated rings. The van der Waals surface area contributed by atoms with Crippen molar-refractivity contribution in [1.82, 2.24) is 9.88 Å². The molecule has 8 heteroatoms. The Kier molecular flexibility index (Phi) is 6.08. The van der Waals surface area contributed by atoms with E-state index in [4.69, 9.17) is 14.5 Å². The number of hydrogen-bond acceptors (Lipinski definition) is 7. The minimum Gasteiger partial charge on any atom is -0.465 e. The number of benzene rings is 1. The number of fused-ring (bicyclic) bond motifs is 1. The highest BCUT2D eigenvalue weighted by molar-refractivity contribution is 7.21. The molecule has 0 spiro atoms. The summed E-state index contributed by atoms with van der Waals surface area (Å²) in [5.74, 6) is -0.784. The minimum atomic E-state index is -0.497. The van der Waals surface area contributed by atoms with E-state index < -0.39 is 5.97 Å². The molecule has 3 heterocycles. The number of aromatic nitrogens is 1. The number of esters is 1. The molecule has 1 saturated heterocycles. The van der Waals surface area contributed by atoms with Gasteiger partial charge in [0.1, 0.15) is 9.71 Å². The van der Waals surface area contributed by atoms with Crippen molar-refractivity contribution in [3.05, 3.63) is 58.6 Å². The van der Waals surface area contributed by atoms with Gasteiger partial charge in [-0.25, -0.2) is 9.78 Å². The third-order valence-electron chi connectivity index (χ3n) is 5.20. The molecule has 1 aromatic carbocycles. The maximum Gasteiger partial charge on any atom is 0.350 e. The first-order chi connectivity index (χ1) is 14.6. The molecule has 0 unspecified atom stereocenters. The first-order valence-electron chi connectivity index (χ1n) is 9.72. The van der Waals surface area contributed by atoms with Crippen LogP contribution in [0.5, 0.6) is 0 Å². The Morgan fingerprint density at radius 1 is 1.27 bits per heavy atom. The van der Waals surface area contributed by atoms with Crippen molar-refractivity contribution in [3.8, 4) is 0 Å². The summed E-state index contributed by atoms with van der Waals surface area (Å²) < 4.78 is 10.4. The van der Waals surface area contributed by atoms with Crippen molar-refractivity contribution >= 4 is 39.1 Å². The Hall–Kier alpha value is -2.81. The molecule has 7 nitrogen and oxygen atoms in total. The number of carbonyl (C=O) groups excluding carboxylic acids is 2. The summed E-state index contributed by atoms with van der Waals surface area (Å²) in [6.45, 7) is 2.21. The standard InChI is InChI=1S/C22H23N3O4S/c1-25(16-10-11-29-13-16)12-15-8-9-17-18(19(22(27)28-2)30-21(17)23-15)24-20(26)14-6-4-3-5-7-14/h3-9,16H,10-13H2,1-2H3,(H,24,26)/t16-/m0/s1. The van der Waals surface area contributed by atoms with Gasteiger partial charge in [-0.3, -0.25) is 9.69 Å². The number of likely N-dealkylation sites (N-methyl/N-ethyl adjacent to an activating group) is 1. The zero-order chi connectivity index (χ0) is 21.1. The number of nitrogens with zero attached hydrogens (tertiary/aromatic N) is 2. The number of hydrogen-bond donors (Lipinski definition) is 1. The fraction of sp³-hybridized carbons (Fsp3) is 0.318. The van der Waals surface area contributed by atoms with Gasteiger partial charge in [0.2, 0.25) is 0 Å². The molecule has 1 atom stereocenters. The molecule has 2 aromatic heterocycles. The maximum atomic E-state index is 12.7. The van der Waals surface area contributed by atoms with E-state index in [0.29, 0.717) is 33.5 Å². The second kappa shape index (κ2) is 8.91. The smallest absolute Gasteiger partial charge is 0.350 e. The third-order valence-corrected chi connectivity index (χ3v) is 6.28. The molecule has 1 N–H and O–H groups in total. The summed E-state index contributed by atoms with van der Waals surface area (Å²) in [4.78, 5) is 33.0. The normalized spacial score (nSPS) is 16.2. The van der Waals surface area contributed by atoms with Crippen molar-refractivity contribution < 1.29 is 19.1 Å². The van der Waals surface area contributed by atoms with Crippen LogP contribution in [0, 0.1) is 0 Å². The highest BCUT2D eigenvalue weighted by Gasteiger charge is 2.24. The predicted molar refractivity (Wildman–Crippen MR) is 116 cm³/mol. The maximum absolute atomic E-state index is 12.7. The predicted octanol–water partition coefficient (Wildman–Crippen LogP) is 3.56. The first kappa shape index (κ1) is 20.5. The van der Waals surface area contributed by atoms with Crippen molar-refractivity contribution in [1.29, 1.82) is 0 Å². The average Bonchev–Trinajstić information content (AvgIpc) is 3.42. The van der Waals surface area contributed by atoms with Crippen molar-refractivity contribution in [2.75, 3.05) is 32.7 Å². The zero-order valence-corrected chi connectivity index (χ0v) is 17.7. The lowest BCUT2D eigenvalue weighted by molar-refractivity contribution is 0.0607. The molecule has 4 rings (SSSR count). The number of nitrogens with one attached hydrogen (secondary N) is 1. The molecule has 30 heavy (non-hydrogen) atoms. The van der Waals surface area contributed by atoms with Crippen LogP contribution in [0.15, 0.2) is 42.5 Å². The van der Waals surface area contributed by atoms with Gasteiger partial charge in [-0.1, -0.05) is 18.2 Å². The molecule has 1 aliphatic rings.